The number of rotatable bonds is 5. The van der Waals surface area contributed by atoms with E-state index < -0.39 is 15.9 Å². The zero-order chi connectivity index (χ0) is 16.2. The van der Waals surface area contributed by atoms with Crippen molar-refractivity contribution >= 4 is 33.2 Å². The maximum Gasteiger partial charge on any atom is 0.264 e. The number of halogens is 1. The van der Waals surface area contributed by atoms with E-state index in [9.17, 15) is 13.2 Å². The highest BCUT2D eigenvalue weighted by Crippen LogP contribution is 2.24. The summed E-state index contributed by atoms with van der Waals surface area (Å²) in [5.74, 6) is -0.401. The second-order valence-electron chi connectivity index (χ2n) is 4.47. The summed E-state index contributed by atoms with van der Waals surface area (Å²) in [6.07, 6.45) is 0. The predicted molar refractivity (Wildman–Crippen MR) is 86.5 cm³/mol. The van der Waals surface area contributed by atoms with Crippen LogP contribution in [0.2, 0.25) is 5.02 Å². The fraction of sp³-hybridized carbons (Fsp3) is 0.133. The van der Waals surface area contributed by atoms with E-state index in [0.29, 0.717) is 10.7 Å². The summed E-state index contributed by atoms with van der Waals surface area (Å²) in [6.45, 7) is -0.300. The molecule has 0 spiro atoms. The highest BCUT2D eigenvalue weighted by atomic mass is 35.5. The molecule has 2 aromatic rings. The van der Waals surface area contributed by atoms with Gasteiger partial charge in [0.2, 0.25) is 5.91 Å². The highest BCUT2D eigenvalue weighted by molar-refractivity contribution is 7.92. The van der Waals surface area contributed by atoms with Gasteiger partial charge in [-0.05, 0) is 36.4 Å². The largest absolute Gasteiger partial charge is 0.358 e. The van der Waals surface area contributed by atoms with E-state index in [2.05, 4.69) is 5.32 Å². The number of amides is 1. The molecule has 7 heteroatoms. The molecule has 0 saturated carbocycles. The number of nitrogens with zero attached hydrogens (tertiary/aromatic N) is 1. The van der Waals surface area contributed by atoms with Gasteiger partial charge in [0.15, 0.2) is 0 Å². The smallest absolute Gasteiger partial charge is 0.264 e. The average Bonchev–Trinajstić information content (AvgIpc) is 2.53. The predicted octanol–water partition coefficient (Wildman–Crippen LogP) is 2.28. The van der Waals surface area contributed by atoms with Crippen LogP contribution in [0.25, 0.3) is 0 Å². The highest BCUT2D eigenvalue weighted by Gasteiger charge is 2.26. The Kier molecular flexibility index (Phi) is 5.05. The molecule has 22 heavy (non-hydrogen) atoms. The summed E-state index contributed by atoms with van der Waals surface area (Å²) in [5.41, 5.74) is 0.418. The first-order valence-electron chi connectivity index (χ1n) is 6.49. The quantitative estimate of drug-likeness (QED) is 0.909. The Hall–Kier alpha value is -2.05. The van der Waals surface area contributed by atoms with Gasteiger partial charge in [-0.3, -0.25) is 9.10 Å². The summed E-state index contributed by atoms with van der Waals surface area (Å²) in [6, 6.07) is 14.3. The van der Waals surface area contributed by atoms with Gasteiger partial charge in [0.25, 0.3) is 10.0 Å². The Morgan fingerprint density at radius 1 is 1.09 bits per heavy atom. The first-order chi connectivity index (χ1) is 10.4. The van der Waals surface area contributed by atoms with Crippen LogP contribution in [0.5, 0.6) is 0 Å². The molecule has 1 amide bonds. The third-order valence-corrected chi connectivity index (χ3v) is 5.05. The molecule has 0 unspecified atom stereocenters. The number of hydrogen-bond donors (Lipinski definition) is 1. The van der Waals surface area contributed by atoms with E-state index in [-0.39, 0.29) is 11.4 Å². The molecule has 0 bridgehead atoms. The molecule has 1 N–H and O–H groups in total. The van der Waals surface area contributed by atoms with Crippen molar-refractivity contribution in [2.45, 2.75) is 4.90 Å². The molecule has 0 saturated heterocycles. The molecule has 0 aliphatic carbocycles. The Morgan fingerprint density at radius 2 is 1.68 bits per heavy atom. The second kappa shape index (κ2) is 6.81. The van der Waals surface area contributed by atoms with Crippen molar-refractivity contribution in [1.82, 2.24) is 5.32 Å². The molecular formula is C15H15ClN2O3S. The van der Waals surface area contributed by atoms with Gasteiger partial charge in [0.1, 0.15) is 6.54 Å². The van der Waals surface area contributed by atoms with E-state index in [0.717, 1.165) is 4.31 Å². The van der Waals surface area contributed by atoms with Crippen molar-refractivity contribution in [3.05, 3.63) is 59.6 Å². The second-order valence-corrected chi connectivity index (χ2v) is 6.77. The lowest BCUT2D eigenvalue weighted by atomic mass is 10.3. The van der Waals surface area contributed by atoms with Gasteiger partial charge in [0.05, 0.1) is 10.6 Å². The van der Waals surface area contributed by atoms with Crippen molar-refractivity contribution in [3.63, 3.8) is 0 Å². The van der Waals surface area contributed by atoms with Crippen LogP contribution in [0.15, 0.2) is 59.5 Å². The Bertz CT molecular complexity index is 746. The third kappa shape index (κ3) is 3.58. The molecule has 116 valence electrons. The molecule has 0 aliphatic rings. The molecule has 0 aromatic heterocycles. The maximum atomic E-state index is 12.8. The van der Waals surface area contributed by atoms with E-state index in [1.807, 2.05) is 0 Å². The fourth-order valence-corrected chi connectivity index (χ4v) is 3.40. The summed E-state index contributed by atoms with van der Waals surface area (Å²) < 4.78 is 26.7. The standard InChI is InChI=1S/C15H15ClN2O3S/c1-17-15(19)11-18(13-5-3-2-4-6-13)22(20,21)14-9-7-12(16)8-10-14/h2-10H,11H2,1H3,(H,17,19). The number of benzene rings is 2. The molecule has 0 heterocycles. The minimum absolute atomic E-state index is 0.0738. The minimum Gasteiger partial charge on any atom is -0.358 e. The van der Waals surface area contributed by atoms with Crippen molar-refractivity contribution < 1.29 is 13.2 Å². The molecule has 0 aliphatic heterocycles. The lowest BCUT2D eigenvalue weighted by Crippen LogP contribution is -2.39. The van der Waals surface area contributed by atoms with Crippen LogP contribution in [0.1, 0.15) is 0 Å². The van der Waals surface area contributed by atoms with Gasteiger partial charge in [-0.1, -0.05) is 29.8 Å². The molecular weight excluding hydrogens is 324 g/mol. The van der Waals surface area contributed by atoms with Gasteiger partial charge in [-0.2, -0.15) is 0 Å². The lowest BCUT2D eigenvalue weighted by Gasteiger charge is -2.23. The van der Waals surface area contributed by atoms with Crippen LogP contribution in [-0.4, -0.2) is 27.9 Å². The van der Waals surface area contributed by atoms with Gasteiger partial charge in [0, 0.05) is 12.1 Å². The van der Waals surface area contributed by atoms with Crippen molar-refractivity contribution in [1.29, 1.82) is 0 Å². The number of hydrogen-bond acceptors (Lipinski definition) is 3. The Morgan fingerprint density at radius 3 is 2.23 bits per heavy atom. The molecule has 2 aromatic carbocycles. The van der Waals surface area contributed by atoms with E-state index in [1.165, 1.54) is 31.3 Å². The number of carbonyl (C=O) groups excluding carboxylic acids is 1. The van der Waals surface area contributed by atoms with Crippen LogP contribution >= 0.6 is 11.6 Å². The Labute approximate surface area is 134 Å². The van der Waals surface area contributed by atoms with Crippen LogP contribution in [-0.2, 0) is 14.8 Å². The number of nitrogens with one attached hydrogen (secondary N) is 1. The van der Waals surface area contributed by atoms with Gasteiger partial charge in [-0.25, -0.2) is 8.42 Å². The molecule has 0 radical (unpaired) electrons. The topological polar surface area (TPSA) is 66.5 Å². The number of sulfonamides is 1. The number of anilines is 1. The normalized spacial score (nSPS) is 11.0. The average molecular weight is 339 g/mol. The molecule has 2 rings (SSSR count). The third-order valence-electron chi connectivity index (χ3n) is 3.01. The zero-order valence-corrected chi connectivity index (χ0v) is 13.4. The van der Waals surface area contributed by atoms with Crippen molar-refractivity contribution in [3.8, 4) is 0 Å². The fourth-order valence-electron chi connectivity index (χ4n) is 1.85. The van der Waals surface area contributed by atoms with Crippen molar-refractivity contribution in [2.75, 3.05) is 17.9 Å². The summed E-state index contributed by atoms with van der Waals surface area (Å²) in [5, 5.41) is 2.87. The lowest BCUT2D eigenvalue weighted by molar-refractivity contribution is -0.119. The first kappa shape index (κ1) is 16.3. The van der Waals surface area contributed by atoms with Crippen LogP contribution < -0.4 is 9.62 Å². The zero-order valence-electron chi connectivity index (χ0n) is 11.9. The number of para-hydroxylation sites is 1. The van der Waals surface area contributed by atoms with Gasteiger partial charge >= 0.3 is 0 Å². The molecule has 0 atom stereocenters. The van der Waals surface area contributed by atoms with Crippen LogP contribution in [0.4, 0.5) is 5.69 Å². The number of carbonyl (C=O) groups is 1. The SMILES string of the molecule is CNC(=O)CN(c1ccccc1)S(=O)(=O)c1ccc(Cl)cc1. The first-order valence-corrected chi connectivity index (χ1v) is 8.31. The van der Waals surface area contributed by atoms with Crippen LogP contribution in [0.3, 0.4) is 0 Å². The monoisotopic (exact) mass is 338 g/mol. The van der Waals surface area contributed by atoms with Crippen LogP contribution in [0, 0.1) is 0 Å². The Balaban J connectivity index is 2.47. The van der Waals surface area contributed by atoms with E-state index >= 15 is 0 Å². The van der Waals surface area contributed by atoms with Gasteiger partial charge in [-0.15, -0.1) is 0 Å². The van der Waals surface area contributed by atoms with Gasteiger partial charge < -0.3 is 5.32 Å². The summed E-state index contributed by atoms with van der Waals surface area (Å²) in [7, 11) is -2.40. The number of likely N-dealkylation sites (N-methyl/N-ethyl adjacent to an activating group) is 1. The van der Waals surface area contributed by atoms with Crippen molar-refractivity contribution in [2.24, 2.45) is 0 Å². The van der Waals surface area contributed by atoms with E-state index in [1.54, 1.807) is 30.3 Å². The molecule has 5 nitrogen and oxygen atoms in total. The van der Waals surface area contributed by atoms with E-state index in [4.69, 9.17) is 11.6 Å². The minimum atomic E-state index is -3.86. The summed E-state index contributed by atoms with van der Waals surface area (Å²) in [4.78, 5) is 11.8. The summed E-state index contributed by atoms with van der Waals surface area (Å²) >= 11 is 5.79. The molecule has 0 fully saturated rings. The maximum absolute atomic E-state index is 12.8.